The van der Waals surface area contributed by atoms with Crippen molar-refractivity contribution in [1.29, 1.82) is 0 Å². The zero-order valence-corrected chi connectivity index (χ0v) is 24.2. The topological polar surface area (TPSA) is 91.2 Å². The van der Waals surface area contributed by atoms with Crippen LogP contribution in [0.25, 0.3) is 28.7 Å². The fourth-order valence-corrected chi connectivity index (χ4v) is 7.10. The molecule has 0 saturated heterocycles. The molecule has 4 saturated carbocycles. The van der Waals surface area contributed by atoms with E-state index in [9.17, 15) is 4.79 Å². The summed E-state index contributed by atoms with van der Waals surface area (Å²) < 4.78 is 16.6. The highest BCUT2D eigenvalue weighted by molar-refractivity contribution is 6.39. The smallest absolute Gasteiger partial charge is 0.337 e. The van der Waals surface area contributed by atoms with E-state index in [4.69, 9.17) is 42.0 Å². The lowest BCUT2D eigenvalue weighted by atomic mass is 9.53. The number of methoxy groups -OCH3 is 1. The molecule has 2 heterocycles. The van der Waals surface area contributed by atoms with E-state index in [2.05, 4.69) is 22.5 Å². The number of aromatic nitrogens is 3. The minimum Gasteiger partial charge on any atom is -0.465 e. The maximum atomic E-state index is 12.0. The normalized spacial score (nSPS) is 23.8. The number of benzene rings is 2. The molecular weight excluding hydrogens is 561 g/mol. The third-order valence-corrected chi connectivity index (χ3v) is 9.86. The summed E-state index contributed by atoms with van der Waals surface area (Å²) in [4.78, 5) is 16.8. The van der Waals surface area contributed by atoms with Crippen LogP contribution in [0.5, 0.6) is 0 Å². The molecule has 0 atom stereocenters. The first-order chi connectivity index (χ1) is 19.9. The standard InChI is InChI=1S/C32H29Cl2N3O4/c1-39-29(38)21-5-2-4-20(18-21)28-35-30(41-37-28)32-15-12-31(13-16-32,14-17-32)11-10-22-26(36-40-27(22)19-8-9-19)25-23(33)6-3-7-24(25)34/h2-7,10-11,18-19H,8-9,12-17H2,1H3. The van der Waals surface area contributed by atoms with E-state index in [0.717, 1.165) is 73.8 Å². The molecule has 41 heavy (non-hydrogen) atoms. The first-order valence-corrected chi connectivity index (χ1v) is 14.8. The summed E-state index contributed by atoms with van der Waals surface area (Å²) in [5.41, 5.74) is 3.60. The van der Waals surface area contributed by atoms with Gasteiger partial charge in [0.1, 0.15) is 11.5 Å². The lowest BCUT2D eigenvalue weighted by Gasteiger charge is -2.50. The van der Waals surface area contributed by atoms with Crippen molar-refractivity contribution in [2.75, 3.05) is 7.11 Å². The number of allylic oxidation sites excluding steroid dienone is 1. The third kappa shape index (κ3) is 4.69. The van der Waals surface area contributed by atoms with Crippen molar-refractivity contribution >= 4 is 35.2 Å². The van der Waals surface area contributed by atoms with Crippen LogP contribution in [0.2, 0.25) is 10.0 Å². The van der Waals surface area contributed by atoms with Crippen LogP contribution in [-0.2, 0) is 10.2 Å². The second kappa shape index (κ2) is 10.1. The van der Waals surface area contributed by atoms with Crippen molar-refractivity contribution < 1.29 is 18.6 Å². The molecule has 0 aliphatic heterocycles. The molecule has 8 rings (SSSR count). The van der Waals surface area contributed by atoms with E-state index in [1.54, 1.807) is 18.2 Å². The fourth-order valence-electron chi connectivity index (χ4n) is 6.52. The van der Waals surface area contributed by atoms with Crippen LogP contribution >= 0.6 is 23.2 Å². The van der Waals surface area contributed by atoms with E-state index < -0.39 is 5.97 Å². The molecule has 0 N–H and O–H groups in total. The Morgan fingerprint density at radius 1 is 0.976 bits per heavy atom. The van der Waals surface area contributed by atoms with E-state index in [-0.39, 0.29) is 10.8 Å². The molecule has 0 spiro atoms. The summed E-state index contributed by atoms with van der Waals surface area (Å²) in [6, 6.07) is 12.6. The minimum absolute atomic E-state index is 0.0963. The van der Waals surface area contributed by atoms with Crippen molar-refractivity contribution in [2.45, 2.75) is 62.7 Å². The molecule has 210 valence electrons. The molecule has 4 fully saturated rings. The third-order valence-electron chi connectivity index (χ3n) is 9.23. The van der Waals surface area contributed by atoms with Crippen LogP contribution in [0, 0.1) is 5.41 Å². The van der Waals surface area contributed by atoms with Gasteiger partial charge in [-0.05, 0) is 81.0 Å². The highest BCUT2D eigenvalue weighted by Crippen LogP contribution is 2.58. The molecule has 2 aromatic carbocycles. The molecule has 0 radical (unpaired) electrons. The molecule has 4 aliphatic carbocycles. The van der Waals surface area contributed by atoms with Gasteiger partial charge >= 0.3 is 5.97 Å². The zero-order chi connectivity index (χ0) is 28.2. The van der Waals surface area contributed by atoms with Gasteiger partial charge in [0, 0.05) is 28.0 Å². The monoisotopic (exact) mass is 589 g/mol. The van der Waals surface area contributed by atoms with E-state index >= 15 is 0 Å². The van der Waals surface area contributed by atoms with Crippen LogP contribution in [0.4, 0.5) is 0 Å². The molecule has 4 aliphatic rings. The van der Waals surface area contributed by atoms with Gasteiger partial charge in [0.15, 0.2) is 0 Å². The van der Waals surface area contributed by atoms with Crippen molar-refractivity contribution in [3.05, 3.63) is 81.4 Å². The number of nitrogens with zero attached hydrogens (tertiary/aromatic N) is 3. The number of fused-ring (bicyclic) bond motifs is 3. The highest BCUT2D eigenvalue weighted by Gasteiger charge is 2.51. The van der Waals surface area contributed by atoms with Gasteiger partial charge in [0.25, 0.3) is 0 Å². The minimum atomic E-state index is -0.393. The summed E-state index contributed by atoms with van der Waals surface area (Å²) in [5, 5.41) is 9.85. The van der Waals surface area contributed by atoms with Gasteiger partial charge < -0.3 is 13.8 Å². The number of ether oxygens (including phenoxy) is 1. The Hall–Kier alpha value is -3.42. The molecule has 9 heteroatoms. The van der Waals surface area contributed by atoms with E-state index in [1.165, 1.54) is 7.11 Å². The van der Waals surface area contributed by atoms with Gasteiger partial charge in [-0.25, -0.2) is 4.79 Å². The van der Waals surface area contributed by atoms with Gasteiger partial charge in [-0.2, -0.15) is 4.98 Å². The zero-order valence-electron chi connectivity index (χ0n) is 22.7. The van der Waals surface area contributed by atoms with Crippen molar-refractivity contribution in [3.8, 4) is 22.6 Å². The Morgan fingerprint density at radius 3 is 2.37 bits per heavy atom. The Morgan fingerprint density at radius 2 is 1.68 bits per heavy atom. The van der Waals surface area contributed by atoms with Crippen LogP contribution in [-0.4, -0.2) is 28.4 Å². The van der Waals surface area contributed by atoms with Gasteiger partial charge in [0.05, 0.1) is 22.7 Å². The number of carbonyl (C=O) groups is 1. The second-order valence-electron chi connectivity index (χ2n) is 11.7. The first-order valence-electron chi connectivity index (χ1n) is 14.1. The first kappa shape index (κ1) is 26.5. The molecule has 0 amide bonds. The quantitative estimate of drug-likeness (QED) is 0.199. The van der Waals surface area contributed by atoms with Crippen LogP contribution in [0.3, 0.4) is 0 Å². The van der Waals surface area contributed by atoms with Crippen molar-refractivity contribution in [2.24, 2.45) is 5.41 Å². The number of carbonyl (C=O) groups excluding carboxylic acids is 1. The summed E-state index contributed by atoms with van der Waals surface area (Å²) in [6.07, 6.45) is 12.8. The molecule has 0 unspecified atom stereocenters. The largest absolute Gasteiger partial charge is 0.465 e. The van der Waals surface area contributed by atoms with E-state index in [0.29, 0.717) is 38.9 Å². The summed E-state index contributed by atoms with van der Waals surface area (Å²) in [7, 11) is 1.37. The van der Waals surface area contributed by atoms with Crippen LogP contribution in [0.1, 0.15) is 84.9 Å². The Labute approximate surface area is 247 Å². The molecule has 2 bridgehead atoms. The fraction of sp³-hybridized carbons (Fsp3) is 0.375. The number of hydrogen-bond donors (Lipinski definition) is 0. The van der Waals surface area contributed by atoms with Crippen molar-refractivity contribution in [1.82, 2.24) is 15.3 Å². The number of hydrogen-bond acceptors (Lipinski definition) is 7. The predicted octanol–water partition coefficient (Wildman–Crippen LogP) is 8.67. The van der Waals surface area contributed by atoms with Crippen molar-refractivity contribution in [3.63, 3.8) is 0 Å². The van der Waals surface area contributed by atoms with Crippen LogP contribution in [0.15, 0.2) is 57.6 Å². The summed E-state index contributed by atoms with van der Waals surface area (Å²) in [6.45, 7) is 0. The number of halogens is 2. The molecule has 4 aromatic rings. The summed E-state index contributed by atoms with van der Waals surface area (Å²) in [5.74, 6) is 2.13. The maximum absolute atomic E-state index is 12.0. The average molecular weight is 591 g/mol. The van der Waals surface area contributed by atoms with Gasteiger partial charge in [0.2, 0.25) is 11.7 Å². The Kier molecular flexibility index (Phi) is 6.55. The van der Waals surface area contributed by atoms with Gasteiger partial charge in [-0.15, -0.1) is 0 Å². The van der Waals surface area contributed by atoms with Gasteiger partial charge in [-0.1, -0.05) is 63.9 Å². The Balaban J connectivity index is 1.12. The summed E-state index contributed by atoms with van der Waals surface area (Å²) >= 11 is 13.1. The molecule has 7 nitrogen and oxygen atoms in total. The van der Waals surface area contributed by atoms with Gasteiger partial charge in [-0.3, -0.25) is 0 Å². The van der Waals surface area contributed by atoms with Crippen LogP contribution < -0.4 is 0 Å². The van der Waals surface area contributed by atoms with E-state index in [1.807, 2.05) is 24.3 Å². The maximum Gasteiger partial charge on any atom is 0.337 e. The lowest BCUT2D eigenvalue weighted by molar-refractivity contribution is 0.0569. The number of esters is 1. The molecular formula is C32H29Cl2N3O4. The Bertz CT molecular complexity index is 1620. The highest BCUT2D eigenvalue weighted by atomic mass is 35.5. The lowest BCUT2D eigenvalue weighted by Crippen LogP contribution is -2.43. The molecule has 2 aromatic heterocycles. The SMILES string of the molecule is COC(=O)c1cccc(-c2noc(C34CCC(C=Cc5c(-c6c(Cl)cccc6Cl)noc5C5CC5)(CC3)CC4)n2)c1. The number of rotatable bonds is 7. The average Bonchev–Trinajstić information content (AvgIpc) is 3.56. The second-order valence-corrected chi connectivity index (χ2v) is 12.5. The predicted molar refractivity (Wildman–Crippen MR) is 156 cm³/mol.